The van der Waals surface area contributed by atoms with Gasteiger partial charge in [0.25, 0.3) is 0 Å². The van der Waals surface area contributed by atoms with Gasteiger partial charge in [0.1, 0.15) is 18.2 Å². The zero-order chi connectivity index (χ0) is 14.2. The molecule has 106 valence electrons. The first kappa shape index (κ1) is 14.3. The molecule has 1 aromatic heterocycles. The number of hydrogen-bond acceptors (Lipinski definition) is 5. The Morgan fingerprint density at radius 2 is 1.90 bits per heavy atom. The van der Waals surface area contributed by atoms with Crippen LogP contribution in [-0.4, -0.2) is 37.1 Å². The lowest BCUT2D eigenvalue weighted by molar-refractivity contribution is 0.146. The van der Waals surface area contributed by atoms with Crippen LogP contribution in [0.1, 0.15) is 6.92 Å². The van der Waals surface area contributed by atoms with Gasteiger partial charge >= 0.3 is 0 Å². The van der Waals surface area contributed by atoms with E-state index in [1.165, 1.54) is 0 Å². The average molecular weight is 273 g/mol. The van der Waals surface area contributed by atoms with Gasteiger partial charge in [-0.2, -0.15) is 0 Å². The Balaban J connectivity index is 2.18. The van der Waals surface area contributed by atoms with Crippen LogP contribution in [0.25, 0.3) is 11.3 Å². The smallest absolute Gasteiger partial charge is 0.148 e. The van der Waals surface area contributed by atoms with Gasteiger partial charge in [0.05, 0.1) is 12.3 Å². The first-order valence-electron chi connectivity index (χ1n) is 6.64. The summed E-state index contributed by atoms with van der Waals surface area (Å²) in [6.45, 7) is 3.91. The third-order valence-electron chi connectivity index (χ3n) is 2.73. The van der Waals surface area contributed by atoms with Gasteiger partial charge < -0.3 is 14.8 Å². The number of methoxy groups -OCH3 is 1. The van der Waals surface area contributed by atoms with Crippen LogP contribution in [0.15, 0.2) is 36.4 Å². The molecule has 0 aliphatic heterocycles. The van der Waals surface area contributed by atoms with Crippen molar-refractivity contribution in [2.24, 2.45) is 0 Å². The van der Waals surface area contributed by atoms with Gasteiger partial charge in [-0.05, 0) is 31.2 Å². The second-order valence-corrected chi connectivity index (χ2v) is 4.17. The third-order valence-corrected chi connectivity index (χ3v) is 2.73. The van der Waals surface area contributed by atoms with E-state index in [1.54, 1.807) is 7.11 Å². The number of nitrogens with one attached hydrogen (secondary N) is 1. The molecule has 20 heavy (non-hydrogen) atoms. The van der Waals surface area contributed by atoms with Crippen LogP contribution < -0.4 is 10.1 Å². The van der Waals surface area contributed by atoms with Gasteiger partial charge in [-0.3, -0.25) is 0 Å². The van der Waals surface area contributed by atoms with Crippen LogP contribution in [0, 0.1) is 0 Å². The summed E-state index contributed by atoms with van der Waals surface area (Å²) >= 11 is 0. The van der Waals surface area contributed by atoms with Crippen molar-refractivity contribution in [3.05, 3.63) is 36.4 Å². The highest BCUT2D eigenvalue weighted by atomic mass is 16.5. The van der Waals surface area contributed by atoms with Gasteiger partial charge in [-0.15, -0.1) is 10.2 Å². The molecule has 5 heteroatoms. The minimum atomic E-state index is 0.510. The molecular formula is C15H19N3O2. The fourth-order valence-corrected chi connectivity index (χ4v) is 1.79. The third kappa shape index (κ3) is 3.68. The van der Waals surface area contributed by atoms with E-state index < -0.39 is 0 Å². The van der Waals surface area contributed by atoms with Crippen LogP contribution in [0.2, 0.25) is 0 Å². The molecule has 0 atom stereocenters. The summed E-state index contributed by atoms with van der Waals surface area (Å²) in [6.07, 6.45) is 0. The summed E-state index contributed by atoms with van der Waals surface area (Å²) in [6, 6.07) is 11.6. The molecule has 0 spiro atoms. The second-order valence-electron chi connectivity index (χ2n) is 4.17. The first-order valence-corrected chi connectivity index (χ1v) is 6.64. The first-order chi connectivity index (χ1) is 9.85. The number of rotatable bonds is 7. The Labute approximate surface area is 118 Å². The highest BCUT2D eigenvalue weighted by Crippen LogP contribution is 2.28. The lowest BCUT2D eigenvalue weighted by Crippen LogP contribution is -2.05. The Morgan fingerprint density at radius 1 is 1.05 bits per heavy atom. The molecule has 0 bridgehead atoms. The molecule has 1 aromatic carbocycles. The van der Waals surface area contributed by atoms with Crippen molar-refractivity contribution < 1.29 is 9.47 Å². The van der Waals surface area contributed by atoms with Gasteiger partial charge in [0.2, 0.25) is 0 Å². The summed E-state index contributed by atoms with van der Waals surface area (Å²) in [5.74, 6) is 1.56. The minimum Gasteiger partial charge on any atom is -0.490 e. The van der Waals surface area contributed by atoms with Crippen LogP contribution in [0.5, 0.6) is 5.75 Å². The summed E-state index contributed by atoms with van der Waals surface area (Å²) in [7, 11) is 1.65. The normalized spacial score (nSPS) is 10.3. The van der Waals surface area contributed by atoms with Crippen molar-refractivity contribution in [2.45, 2.75) is 6.92 Å². The van der Waals surface area contributed by atoms with Crippen molar-refractivity contribution >= 4 is 5.82 Å². The van der Waals surface area contributed by atoms with Gasteiger partial charge in [-0.1, -0.05) is 12.1 Å². The molecule has 0 aliphatic rings. The number of para-hydroxylation sites is 1. The Bertz CT molecular complexity index is 529. The van der Waals surface area contributed by atoms with Gasteiger partial charge in [0, 0.05) is 19.2 Å². The number of ether oxygens (including phenoxy) is 2. The van der Waals surface area contributed by atoms with E-state index in [2.05, 4.69) is 15.5 Å². The monoisotopic (exact) mass is 273 g/mol. The Morgan fingerprint density at radius 3 is 2.60 bits per heavy atom. The maximum atomic E-state index is 5.70. The summed E-state index contributed by atoms with van der Waals surface area (Å²) in [5, 5.41) is 11.5. The zero-order valence-corrected chi connectivity index (χ0v) is 11.8. The lowest BCUT2D eigenvalue weighted by Gasteiger charge is -2.10. The quantitative estimate of drug-likeness (QED) is 0.786. The number of anilines is 1. The van der Waals surface area contributed by atoms with E-state index in [1.807, 2.05) is 43.3 Å². The van der Waals surface area contributed by atoms with Crippen molar-refractivity contribution in [1.29, 1.82) is 0 Å². The summed E-state index contributed by atoms with van der Waals surface area (Å²) in [5.41, 5.74) is 1.72. The average Bonchev–Trinajstić information content (AvgIpc) is 2.49. The Kier molecular flexibility index (Phi) is 5.32. The molecule has 0 aliphatic carbocycles. The van der Waals surface area contributed by atoms with Gasteiger partial charge in [-0.25, -0.2) is 0 Å². The molecule has 5 nitrogen and oxygen atoms in total. The van der Waals surface area contributed by atoms with E-state index in [0.717, 1.165) is 29.4 Å². The molecule has 2 aromatic rings. The van der Waals surface area contributed by atoms with Crippen molar-refractivity contribution in [2.75, 3.05) is 32.2 Å². The maximum Gasteiger partial charge on any atom is 0.148 e. The molecule has 0 saturated heterocycles. The molecule has 1 heterocycles. The van der Waals surface area contributed by atoms with Gasteiger partial charge in [0.15, 0.2) is 0 Å². The van der Waals surface area contributed by atoms with E-state index in [-0.39, 0.29) is 0 Å². The fourth-order valence-electron chi connectivity index (χ4n) is 1.79. The van der Waals surface area contributed by atoms with E-state index >= 15 is 0 Å². The molecule has 0 radical (unpaired) electrons. The predicted molar refractivity (Wildman–Crippen MR) is 79.0 cm³/mol. The topological polar surface area (TPSA) is 56.3 Å². The molecule has 0 fully saturated rings. The lowest BCUT2D eigenvalue weighted by atomic mass is 10.1. The zero-order valence-electron chi connectivity index (χ0n) is 11.8. The fraction of sp³-hybridized carbons (Fsp3) is 0.333. The Hall–Kier alpha value is -2.14. The number of aromatic nitrogens is 2. The standard InChI is InChI=1S/C15H19N3O2/c1-3-16-15-9-8-13(17-18-15)12-6-4-5-7-14(12)20-11-10-19-2/h4-9H,3,10-11H2,1-2H3,(H,16,18). The van der Waals surface area contributed by atoms with Crippen LogP contribution in [0.3, 0.4) is 0 Å². The molecular weight excluding hydrogens is 254 g/mol. The maximum absolute atomic E-state index is 5.70. The largest absolute Gasteiger partial charge is 0.490 e. The van der Waals surface area contributed by atoms with Crippen molar-refractivity contribution in [1.82, 2.24) is 10.2 Å². The summed E-state index contributed by atoms with van der Waals surface area (Å²) in [4.78, 5) is 0. The predicted octanol–water partition coefficient (Wildman–Crippen LogP) is 2.60. The molecule has 2 rings (SSSR count). The van der Waals surface area contributed by atoms with Crippen LogP contribution >= 0.6 is 0 Å². The number of benzene rings is 1. The van der Waals surface area contributed by atoms with E-state index in [9.17, 15) is 0 Å². The van der Waals surface area contributed by atoms with E-state index in [4.69, 9.17) is 9.47 Å². The summed E-state index contributed by atoms with van der Waals surface area (Å²) < 4.78 is 10.7. The number of hydrogen-bond donors (Lipinski definition) is 1. The second kappa shape index (κ2) is 7.45. The highest BCUT2D eigenvalue weighted by molar-refractivity contribution is 5.67. The molecule has 0 saturated carbocycles. The highest BCUT2D eigenvalue weighted by Gasteiger charge is 2.07. The molecule has 1 N–H and O–H groups in total. The number of nitrogens with zero attached hydrogens (tertiary/aromatic N) is 2. The van der Waals surface area contributed by atoms with E-state index in [0.29, 0.717) is 13.2 Å². The SMILES string of the molecule is CCNc1ccc(-c2ccccc2OCCOC)nn1. The molecule has 0 amide bonds. The van der Waals surface area contributed by atoms with Crippen LogP contribution in [-0.2, 0) is 4.74 Å². The minimum absolute atomic E-state index is 0.510. The van der Waals surface area contributed by atoms with Crippen LogP contribution in [0.4, 0.5) is 5.82 Å². The van der Waals surface area contributed by atoms with Crippen molar-refractivity contribution in [3.8, 4) is 17.0 Å². The molecule has 0 unspecified atom stereocenters. The van der Waals surface area contributed by atoms with Crippen molar-refractivity contribution in [3.63, 3.8) is 0 Å².